The van der Waals surface area contributed by atoms with Gasteiger partial charge in [0.25, 0.3) is 0 Å². The third-order valence-electron chi connectivity index (χ3n) is 2.62. The number of phenolic OH excluding ortho intramolecular Hbond substituents is 1. The Hall–Kier alpha value is -1.19. The number of hydrogen-bond donors (Lipinski definition) is 1. The number of alkyl halides is 3. The molecule has 1 aromatic carbocycles. The van der Waals surface area contributed by atoms with E-state index in [4.69, 9.17) is 0 Å². The lowest BCUT2D eigenvalue weighted by Crippen LogP contribution is -2.04. The molecular weight excluding hydrogens is 205 g/mol. The Morgan fingerprint density at radius 1 is 1.27 bits per heavy atom. The molecule has 2 rings (SSSR count). The molecule has 82 valence electrons. The molecule has 1 aliphatic carbocycles. The minimum Gasteiger partial charge on any atom is -0.508 e. The summed E-state index contributed by atoms with van der Waals surface area (Å²) in [6, 6.07) is 3.20. The van der Waals surface area contributed by atoms with Crippen LogP contribution < -0.4 is 0 Å². The van der Waals surface area contributed by atoms with Gasteiger partial charge >= 0.3 is 6.18 Å². The van der Waals surface area contributed by atoms with Crippen LogP contribution in [-0.4, -0.2) is 5.11 Å². The molecule has 1 nitrogen and oxygen atoms in total. The van der Waals surface area contributed by atoms with Gasteiger partial charge in [-0.1, -0.05) is 6.07 Å². The average molecular weight is 216 g/mol. The van der Waals surface area contributed by atoms with E-state index < -0.39 is 11.7 Å². The molecule has 0 amide bonds. The maximum absolute atomic E-state index is 12.3. The van der Waals surface area contributed by atoms with Crippen molar-refractivity contribution in [1.82, 2.24) is 0 Å². The third kappa shape index (κ3) is 2.43. The lowest BCUT2D eigenvalue weighted by atomic mass is 10.0. The lowest BCUT2D eigenvalue weighted by Gasteiger charge is -2.09. The van der Waals surface area contributed by atoms with Crippen LogP contribution in [0.15, 0.2) is 18.2 Å². The van der Waals surface area contributed by atoms with Crippen molar-refractivity contribution in [2.45, 2.75) is 25.4 Å². The van der Waals surface area contributed by atoms with Crippen LogP contribution in [0.1, 0.15) is 24.0 Å². The molecule has 0 spiro atoms. The highest BCUT2D eigenvalue weighted by atomic mass is 19.4. The van der Waals surface area contributed by atoms with Crippen molar-refractivity contribution in [3.8, 4) is 5.75 Å². The summed E-state index contributed by atoms with van der Waals surface area (Å²) in [5.41, 5.74) is -0.176. The fourth-order valence-electron chi connectivity index (χ4n) is 1.55. The zero-order chi connectivity index (χ0) is 11.1. The van der Waals surface area contributed by atoms with Crippen LogP contribution in [-0.2, 0) is 12.6 Å². The molecule has 1 fully saturated rings. The van der Waals surface area contributed by atoms with E-state index in [2.05, 4.69) is 0 Å². The quantitative estimate of drug-likeness (QED) is 0.803. The van der Waals surface area contributed by atoms with E-state index in [9.17, 15) is 18.3 Å². The van der Waals surface area contributed by atoms with Crippen molar-refractivity contribution >= 4 is 0 Å². The predicted octanol–water partition coefficient (Wildman–Crippen LogP) is 3.36. The largest absolute Gasteiger partial charge is 0.508 e. The van der Waals surface area contributed by atoms with E-state index in [1.54, 1.807) is 0 Å². The second-order valence-corrected chi connectivity index (χ2v) is 3.99. The van der Waals surface area contributed by atoms with Gasteiger partial charge in [-0.25, -0.2) is 0 Å². The Labute approximate surface area is 85.5 Å². The first-order valence-electron chi connectivity index (χ1n) is 4.86. The zero-order valence-corrected chi connectivity index (χ0v) is 8.01. The van der Waals surface area contributed by atoms with E-state index in [0.29, 0.717) is 17.9 Å². The van der Waals surface area contributed by atoms with Gasteiger partial charge in [-0.05, 0) is 42.9 Å². The Balaban J connectivity index is 2.21. The molecule has 0 bridgehead atoms. The summed E-state index contributed by atoms with van der Waals surface area (Å²) >= 11 is 0. The first-order chi connectivity index (χ1) is 6.97. The smallest absolute Gasteiger partial charge is 0.416 e. The molecule has 0 saturated heterocycles. The van der Waals surface area contributed by atoms with Crippen molar-refractivity contribution in [3.05, 3.63) is 29.3 Å². The summed E-state index contributed by atoms with van der Waals surface area (Å²) in [5.74, 6) is 0.310. The molecule has 1 N–H and O–H groups in total. The number of benzene rings is 1. The molecule has 0 heterocycles. The fourth-order valence-corrected chi connectivity index (χ4v) is 1.55. The van der Waals surface area contributed by atoms with E-state index in [-0.39, 0.29) is 5.75 Å². The summed E-state index contributed by atoms with van der Waals surface area (Å²) in [6.07, 6.45) is -1.47. The molecule has 0 aromatic heterocycles. The normalized spacial score (nSPS) is 16.7. The highest BCUT2D eigenvalue weighted by Gasteiger charge is 2.31. The molecule has 1 aliphatic rings. The first-order valence-corrected chi connectivity index (χ1v) is 4.86. The maximum Gasteiger partial charge on any atom is 0.416 e. The van der Waals surface area contributed by atoms with Gasteiger partial charge in [-0.3, -0.25) is 0 Å². The van der Waals surface area contributed by atoms with Crippen molar-refractivity contribution in [1.29, 1.82) is 0 Å². The summed E-state index contributed by atoms with van der Waals surface area (Å²) in [5, 5.41) is 9.43. The van der Waals surface area contributed by atoms with Crippen LogP contribution in [0.2, 0.25) is 0 Å². The summed E-state index contributed by atoms with van der Waals surface area (Å²) in [6.45, 7) is 0. The molecule has 0 unspecified atom stereocenters. The monoisotopic (exact) mass is 216 g/mol. The van der Waals surface area contributed by atoms with E-state index in [0.717, 1.165) is 25.0 Å². The van der Waals surface area contributed by atoms with Crippen LogP contribution in [0.5, 0.6) is 5.75 Å². The predicted molar refractivity (Wildman–Crippen MR) is 49.5 cm³/mol. The van der Waals surface area contributed by atoms with Gasteiger partial charge < -0.3 is 5.11 Å². The number of rotatable bonds is 2. The SMILES string of the molecule is Oc1cc(C(F)(F)F)ccc1CC1CC1. The van der Waals surface area contributed by atoms with Crippen LogP contribution in [0.25, 0.3) is 0 Å². The molecular formula is C11H11F3O. The highest BCUT2D eigenvalue weighted by Crippen LogP contribution is 2.37. The lowest BCUT2D eigenvalue weighted by molar-refractivity contribution is -0.137. The summed E-state index contributed by atoms with van der Waals surface area (Å²) < 4.78 is 36.8. The van der Waals surface area contributed by atoms with Crippen LogP contribution in [0.3, 0.4) is 0 Å². The van der Waals surface area contributed by atoms with Gasteiger partial charge in [0, 0.05) is 0 Å². The minimum absolute atomic E-state index is 0.239. The van der Waals surface area contributed by atoms with Crippen molar-refractivity contribution in [3.63, 3.8) is 0 Å². The molecule has 0 aliphatic heterocycles. The van der Waals surface area contributed by atoms with Crippen molar-refractivity contribution < 1.29 is 18.3 Å². The number of aromatic hydroxyl groups is 1. The van der Waals surface area contributed by atoms with Gasteiger partial charge in [0.05, 0.1) is 5.56 Å². The second kappa shape index (κ2) is 3.43. The molecule has 15 heavy (non-hydrogen) atoms. The topological polar surface area (TPSA) is 20.2 Å². The fraction of sp³-hybridized carbons (Fsp3) is 0.455. The molecule has 1 saturated carbocycles. The van der Waals surface area contributed by atoms with Gasteiger partial charge in [0.15, 0.2) is 0 Å². The first kappa shape index (κ1) is 10.3. The maximum atomic E-state index is 12.3. The van der Waals surface area contributed by atoms with Crippen molar-refractivity contribution in [2.24, 2.45) is 5.92 Å². The van der Waals surface area contributed by atoms with Crippen LogP contribution in [0, 0.1) is 5.92 Å². The van der Waals surface area contributed by atoms with Gasteiger partial charge in [0.2, 0.25) is 0 Å². The molecule has 0 atom stereocenters. The minimum atomic E-state index is -4.38. The Kier molecular flexibility index (Phi) is 2.37. The van der Waals surface area contributed by atoms with Crippen LogP contribution >= 0.6 is 0 Å². The Bertz CT molecular complexity index is 367. The summed E-state index contributed by atoms with van der Waals surface area (Å²) in [7, 11) is 0. The number of hydrogen-bond acceptors (Lipinski definition) is 1. The number of halogens is 3. The third-order valence-corrected chi connectivity index (χ3v) is 2.62. The van der Waals surface area contributed by atoms with Gasteiger partial charge in [-0.15, -0.1) is 0 Å². The van der Waals surface area contributed by atoms with E-state index >= 15 is 0 Å². The molecule has 4 heteroatoms. The molecule has 1 aromatic rings. The zero-order valence-electron chi connectivity index (χ0n) is 8.01. The Morgan fingerprint density at radius 3 is 2.40 bits per heavy atom. The average Bonchev–Trinajstić information content (AvgIpc) is 2.90. The molecule has 0 radical (unpaired) electrons. The van der Waals surface area contributed by atoms with Gasteiger partial charge in [0.1, 0.15) is 5.75 Å². The van der Waals surface area contributed by atoms with E-state index in [1.165, 1.54) is 6.07 Å². The second-order valence-electron chi connectivity index (χ2n) is 3.99. The Morgan fingerprint density at radius 2 is 1.93 bits per heavy atom. The van der Waals surface area contributed by atoms with Crippen molar-refractivity contribution in [2.75, 3.05) is 0 Å². The van der Waals surface area contributed by atoms with E-state index in [1.807, 2.05) is 0 Å². The highest BCUT2D eigenvalue weighted by molar-refractivity contribution is 5.38. The summed E-state index contributed by atoms with van der Waals surface area (Å²) in [4.78, 5) is 0. The van der Waals surface area contributed by atoms with Gasteiger partial charge in [-0.2, -0.15) is 13.2 Å². The van der Waals surface area contributed by atoms with Crippen LogP contribution in [0.4, 0.5) is 13.2 Å². The number of phenols is 1. The standard InChI is InChI=1S/C11H11F3O/c12-11(13,14)9-4-3-8(10(15)6-9)5-7-1-2-7/h3-4,6-7,15H,1-2,5H2.